The molecule has 1 amide bonds. The van der Waals surface area contributed by atoms with Crippen LogP contribution in [0.25, 0.3) is 0 Å². The fraction of sp³-hybridized carbons (Fsp3) is 0.714. The Labute approximate surface area is 130 Å². The zero-order valence-corrected chi connectivity index (χ0v) is 13.7. The Hall–Kier alpha value is -2.12. The highest BCUT2D eigenvalue weighted by Crippen LogP contribution is 2.10. The smallest absolute Gasteiger partial charge is 0.410 e. The lowest BCUT2D eigenvalue weighted by molar-refractivity contribution is 0.0276. The van der Waals surface area contributed by atoms with Crippen LogP contribution in [0.2, 0.25) is 0 Å². The van der Waals surface area contributed by atoms with Crippen molar-refractivity contribution in [3.63, 3.8) is 0 Å². The van der Waals surface area contributed by atoms with Crippen molar-refractivity contribution in [2.45, 2.75) is 32.8 Å². The molecule has 2 heterocycles. The van der Waals surface area contributed by atoms with E-state index in [4.69, 9.17) is 4.74 Å². The number of rotatable bonds is 3. The number of aromatic nitrogens is 3. The predicted molar refractivity (Wildman–Crippen MR) is 82.8 cm³/mol. The molecule has 122 valence electrons. The molecular weight excluding hydrogens is 284 g/mol. The molecule has 0 radical (unpaired) electrons. The van der Waals surface area contributed by atoms with Gasteiger partial charge in [0, 0.05) is 26.6 Å². The van der Waals surface area contributed by atoms with Crippen molar-refractivity contribution in [2.24, 2.45) is 12.0 Å². The van der Waals surface area contributed by atoms with E-state index in [2.05, 4.69) is 20.5 Å². The number of carbonyl (C=O) groups excluding carboxylic acids is 1. The van der Waals surface area contributed by atoms with Gasteiger partial charge < -0.3 is 14.6 Å². The van der Waals surface area contributed by atoms with Gasteiger partial charge in [-0.15, -0.1) is 10.2 Å². The molecule has 22 heavy (non-hydrogen) atoms. The molecule has 8 nitrogen and oxygen atoms in total. The second-order valence-corrected chi connectivity index (χ2v) is 6.27. The van der Waals surface area contributed by atoms with Crippen LogP contribution in [-0.4, -0.2) is 63.4 Å². The van der Waals surface area contributed by atoms with Crippen LogP contribution in [0.4, 0.5) is 4.79 Å². The van der Waals surface area contributed by atoms with E-state index in [9.17, 15) is 4.79 Å². The molecule has 1 aromatic heterocycles. The molecule has 0 atom stereocenters. The standard InChI is InChI=1S/C14H24N6O2/c1-14(2,3)22-13(21)20-8-7-16-11(9-20)15-6-5-12-18-17-10-19(12)4/h10H,5-9H2,1-4H3,(H,15,16). The van der Waals surface area contributed by atoms with Crippen LogP contribution in [0.5, 0.6) is 0 Å². The van der Waals surface area contributed by atoms with Gasteiger partial charge in [-0.25, -0.2) is 4.79 Å². The number of carbonyl (C=O) groups is 1. The molecule has 0 saturated carbocycles. The van der Waals surface area contributed by atoms with Crippen molar-refractivity contribution < 1.29 is 9.53 Å². The Morgan fingerprint density at radius 3 is 2.86 bits per heavy atom. The quantitative estimate of drug-likeness (QED) is 0.884. The molecule has 0 bridgehead atoms. The van der Waals surface area contributed by atoms with E-state index in [1.165, 1.54) is 0 Å². The van der Waals surface area contributed by atoms with Crippen molar-refractivity contribution in [3.8, 4) is 0 Å². The van der Waals surface area contributed by atoms with Gasteiger partial charge >= 0.3 is 6.09 Å². The third-order valence-corrected chi connectivity index (χ3v) is 3.15. The first kappa shape index (κ1) is 16.3. The van der Waals surface area contributed by atoms with Crippen LogP contribution >= 0.6 is 0 Å². The van der Waals surface area contributed by atoms with Gasteiger partial charge in [0.25, 0.3) is 0 Å². The number of hydrogen-bond donors (Lipinski definition) is 1. The summed E-state index contributed by atoms with van der Waals surface area (Å²) in [5, 5.41) is 11.1. The van der Waals surface area contributed by atoms with E-state index < -0.39 is 5.60 Å². The average Bonchev–Trinajstić information content (AvgIpc) is 2.83. The maximum absolute atomic E-state index is 12.1. The lowest BCUT2D eigenvalue weighted by atomic mass is 10.2. The molecule has 8 heteroatoms. The Morgan fingerprint density at radius 2 is 2.23 bits per heavy atom. The van der Waals surface area contributed by atoms with Crippen LogP contribution in [-0.2, 0) is 18.2 Å². The summed E-state index contributed by atoms with van der Waals surface area (Å²) in [6, 6.07) is 0. The van der Waals surface area contributed by atoms with Crippen LogP contribution in [0, 0.1) is 0 Å². The van der Waals surface area contributed by atoms with Gasteiger partial charge in [0.2, 0.25) is 0 Å². The largest absolute Gasteiger partial charge is 0.444 e. The second kappa shape index (κ2) is 6.76. The molecule has 1 aromatic rings. The number of hydrogen-bond acceptors (Lipinski definition) is 6. The van der Waals surface area contributed by atoms with E-state index in [-0.39, 0.29) is 6.09 Å². The summed E-state index contributed by atoms with van der Waals surface area (Å²) in [6.45, 7) is 7.92. The van der Waals surface area contributed by atoms with E-state index >= 15 is 0 Å². The number of amidine groups is 1. The van der Waals surface area contributed by atoms with Gasteiger partial charge in [-0.2, -0.15) is 0 Å². The summed E-state index contributed by atoms with van der Waals surface area (Å²) < 4.78 is 7.27. The molecule has 0 spiro atoms. The van der Waals surface area contributed by atoms with Gasteiger partial charge in [0.15, 0.2) is 0 Å². The molecule has 2 rings (SSSR count). The second-order valence-electron chi connectivity index (χ2n) is 6.27. The van der Waals surface area contributed by atoms with Crippen LogP contribution in [0.3, 0.4) is 0 Å². The number of amides is 1. The Bertz CT molecular complexity index is 546. The number of nitrogens with zero attached hydrogens (tertiary/aromatic N) is 5. The van der Waals surface area contributed by atoms with Gasteiger partial charge in [-0.05, 0) is 20.8 Å². The molecule has 1 aliphatic heterocycles. The Morgan fingerprint density at radius 1 is 1.45 bits per heavy atom. The van der Waals surface area contributed by atoms with Gasteiger partial charge in [-0.1, -0.05) is 0 Å². The molecule has 1 aliphatic rings. The first-order valence-corrected chi connectivity index (χ1v) is 7.43. The van der Waals surface area contributed by atoms with E-state index in [1.54, 1.807) is 11.2 Å². The monoisotopic (exact) mass is 308 g/mol. The number of ether oxygens (including phenoxy) is 1. The van der Waals surface area contributed by atoms with Crippen molar-refractivity contribution in [2.75, 3.05) is 26.2 Å². The third-order valence-electron chi connectivity index (χ3n) is 3.15. The Kier molecular flexibility index (Phi) is 4.99. The minimum absolute atomic E-state index is 0.296. The van der Waals surface area contributed by atoms with Crippen molar-refractivity contribution in [3.05, 3.63) is 12.2 Å². The van der Waals surface area contributed by atoms with E-state index in [0.717, 1.165) is 18.1 Å². The molecular formula is C14H24N6O2. The SMILES string of the molecule is Cn1cnnc1CCNC1=NCCN(C(=O)OC(C)(C)C)C1. The summed E-state index contributed by atoms with van der Waals surface area (Å²) in [7, 11) is 1.91. The van der Waals surface area contributed by atoms with Gasteiger partial charge in [-0.3, -0.25) is 9.89 Å². The summed E-state index contributed by atoms with van der Waals surface area (Å²) in [5.41, 5.74) is -0.482. The summed E-state index contributed by atoms with van der Waals surface area (Å²) in [5.74, 6) is 1.71. The highest BCUT2D eigenvalue weighted by Gasteiger charge is 2.24. The molecule has 0 aliphatic carbocycles. The molecule has 0 unspecified atom stereocenters. The van der Waals surface area contributed by atoms with Crippen molar-refractivity contribution in [1.82, 2.24) is 25.0 Å². The first-order chi connectivity index (χ1) is 10.3. The normalized spacial score (nSPS) is 15.5. The molecule has 0 fully saturated rings. The zero-order valence-electron chi connectivity index (χ0n) is 13.7. The zero-order chi connectivity index (χ0) is 16.2. The predicted octanol–water partition coefficient (Wildman–Crippen LogP) is 0.596. The molecule has 0 saturated heterocycles. The summed E-state index contributed by atoms with van der Waals surface area (Å²) >= 11 is 0. The number of aliphatic imine (C=N–C) groups is 1. The van der Waals surface area contributed by atoms with Crippen LogP contribution < -0.4 is 5.32 Å². The topological polar surface area (TPSA) is 84.6 Å². The fourth-order valence-corrected chi connectivity index (χ4v) is 2.06. The maximum atomic E-state index is 12.1. The number of nitrogens with one attached hydrogen (secondary N) is 1. The average molecular weight is 308 g/mol. The lowest BCUT2D eigenvalue weighted by Gasteiger charge is -2.29. The highest BCUT2D eigenvalue weighted by atomic mass is 16.6. The highest BCUT2D eigenvalue weighted by molar-refractivity contribution is 5.87. The summed E-state index contributed by atoms with van der Waals surface area (Å²) in [4.78, 5) is 18.1. The van der Waals surface area contributed by atoms with E-state index in [1.807, 2.05) is 32.4 Å². The minimum Gasteiger partial charge on any atom is -0.444 e. The first-order valence-electron chi connectivity index (χ1n) is 7.43. The maximum Gasteiger partial charge on any atom is 0.410 e. The van der Waals surface area contributed by atoms with Gasteiger partial charge in [0.05, 0.1) is 13.1 Å². The third kappa shape index (κ3) is 4.71. The number of aryl methyl sites for hydroxylation is 1. The molecule has 0 aromatic carbocycles. The van der Waals surface area contributed by atoms with Gasteiger partial charge in [0.1, 0.15) is 23.6 Å². The van der Waals surface area contributed by atoms with E-state index in [0.29, 0.717) is 26.2 Å². The van der Waals surface area contributed by atoms with Crippen molar-refractivity contribution in [1.29, 1.82) is 0 Å². The van der Waals surface area contributed by atoms with Crippen molar-refractivity contribution >= 4 is 11.9 Å². The van der Waals surface area contributed by atoms with Crippen LogP contribution in [0.1, 0.15) is 26.6 Å². The molecule has 1 N–H and O–H groups in total. The fourth-order valence-electron chi connectivity index (χ4n) is 2.06. The Balaban J connectivity index is 1.79. The van der Waals surface area contributed by atoms with Crippen LogP contribution in [0.15, 0.2) is 11.3 Å². The lowest BCUT2D eigenvalue weighted by Crippen LogP contribution is -2.47. The summed E-state index contributed by atoms with van der Waals surface area (Å²) in [6.07, 6.45) is 2.13. The minimum atomic E-state index is -0.482.